The summed E-state index contributed by atoms with van der Waals surface area (Å²) in [5.74, 6) is -1.63. The van der Waals surface area contributed by atoms with Crippen LogP contribution < -0.4 is 4.74 Å². The SMILES string of the molecule is CCOc1cc(C2/C(=C(/O)c3cccc(Cl)c3)C(=O)C(=O)N2Cc2cccs2)ccc1O. The summed E-state index contributed by atoms with van der Waals surface area (Å²) in [4.78, 5) is 28.4. The number of halogens is 1. The van der Waals surface area contributed by atoms with E-state index in [0.29, 0.717) is 22.8 Å². The smallest absolute Gasteiger partial charge is 0.295 e. The van der Waals surface area contributed by atoms with E-state index in [1.807, 2.05) is 17.5 Å². The molecule has 6 nitrogen and oxygen atoms in total. The van der Waals surface area contributed by atoms with Crippen molar-refractivity contribution in [2.75, 3.05) is 6.61 Å². The molecule has 1 fully saturated rings. The summed E-state index contributed by atoms with van der Waals surface area (Å²) >= 11 is 7.54. The molecule has 1 saturated heterocycles. The third-order valence-corrected chi connectivity index (χ3v) is 6.24. The van der Waals surface area contributed by atoms with Crippen LogP contribution in [0.4, 0.5) is 0 Å². The second-order valence-corrected chi connectivity index (χ2v) is 8.65. The fourth-order valence-electron chi connectivity index (χ4n) is 3.72. The van der Waals surface area contributed by atoms with Crippen molar-refractivity contribution in [3.05, 3.63) is 86.6 Å². The normalized spacial score (nSPS) is 17.7. The number of aliphatic hydroxyl groups excluding tert-OH is 1. The number of nitrogens with zero attached hydrogens (tertiary/aromatic N) is 1. The average molecular weight is 470 g/mol. The second-order valence-electron chi connectivity index (χ2n) is 7.18. The number of ketones is 1. The fraction of sp³-hybridized carbons (Fsp3) is 0.167. The first kappa shape index (κ1) is 21.9. The highest BCUT2D eigenvalue weighted by Crippen LogP contribution is 2.42. The molecular weight excluding hydrogens is 450 g/mol. The molecule has 1 unspecified atom stereocenters. The summed E-state index contributed by atoms with van der Waals surface area (Å²) in [5.41, 5.74) is 0.827. The van der Waals surface area contributed by atoms with E-state index in [9.17, 15) is 19.8 Å². The number of thiophene rings is 1. The molecule has 2 aromatic carbocycles. The van der Waals surface area contributed by atoms with E-state index >= 15 is 0 Å². The van der Waals surface area contributed by atoms with Gasteiger partial charge in [-0.2, -0.15) is 0 Å². The van der Waals surface area contributed by atoms with Crippen molar-refractivity contribution < 1.29 is 24.5 Å². The number of carbonyl (C=O) groups is 2. The van der Waals surface area contributed by atoms with Crippen LogP contribution in [-0.2, 0) is 16.1 Å². The van der Waals surface area contributed by atoms with Gasteiger partial charge in [-0.1, -0.05) is 35.9 Å². The molecule has 1 aliphatic rings. The number of Topliss-reactive ketones (excluding diaryl/α,β-unsaturated/α-hetero) is 1. The summed E-state index contributed by atoms with van der Waals surface area (Å²) in [7, 11) is 0. The lowest BCUT2D eigenvalue weighted by molar-refractivity contribution is -0.140. The highest BCUT2D eigenvalue weighted by atomic mass is 35.5. The van der Waals surface area contributed by atoms with Crippen LogP contribution in [-0.4, -0.2) is 33.4 Å². The number of phenolic OH excluding ortho intramolecular Hbond substituents is 1. The van der Waals surface area contributed by atoms with E-state index in [1.54, 1.807) is 37.3 Å². The quantitative estimate of drug-likeness (QED) is 0.297. The monoisotopic (exact) mass is 469 g/mol. The van der Waals surface area contributed by atoms with E-state index in [1.165, 1.54) is 28.4 Å². The predicted octanol–water partition coefficient (Wildman–Crippen LogP) is 5.13. The third kappa shape index (κ3) is 4.09. The van der Waals surface area contributed by atoms with Gasteiger partial charge in [0.1, 0.15) is 5.76 Å². The maximum atomic E-state index is 13.1. The van der Waals surface area contributed by atoms with Crippen LogP contribution in [0.15, 0.2) is 65.6 Å². The molecule has 32 heavy (non-hydrogen) atoms. The van der Waals surface area contributed by atoms with Crippen molar-refractivity contribution in [2.24, 2.45) is 0 Å². The maximum absolute atomic E-state index is 13.1. The zero-order chi connectivity index (χ0) is 22.8. The van der Waals surface area contributed by atoms with Gasteiger partial charge in [-0.25, -0.2) is 0 Å². The van der Waals surface area contributed by atoms with E-state index in [-0.39, 0.29) is 29.4 Å². The number of hydrogen-bond acceptors (Lipinski definition) is 6. The van der Waals surface area contributed by atoms with Crippen LogP contribution in [0, 0.1) is 0 Å². The Labute approximate surface area is 193 Å². The van der Waals surface area contributed by atoms with Gasteiger partial charge >= 0.3 is 0 Å². The van der Waals surface area contributed by atoms with Crippen LogP contribution >= 0.6 is 22.9 Å². The first-order valence-corrected chi connectivity index (χ1v) is 11.2. The summed E-state index contributed by atoms with van der Waals surface area (Å²) < 4.78 is 5.50. The van der Waals surface area contributed by atoms with E-state index in [4.69, 9.17) is 16.3 Å². The van der Waals surface area contributed by atoms with Gasteiger partial charge in [-0.15, -0.1) is 11.3 Å². The lowest BCUT2D eigenvalue weighted by atomic mass is 9.95. The Morgan fingerprint density at radius 2 is 1.97 bits per heavy atom. The van der Waals surface area contributed by atoms with E-state index in [2.05, 4.69) is 0 Å². The van der Waals surface area contributed by atoms with Gasteiger partial charge in [-0.3, -0.25) is 9.59 Å². The van der Waals surface area contributed by atoms with Crippen molar-refractivity contribution in [3.63, 3.8) is 0 Å². The summed E-state index contributed by atoms with van der Waals surface area (Å²) in [6, 6.07) is 14.0. The van der Waals surface area contributed by atoms with Gasteiger partial charge in [0.05, 0.1) is 24.8 Å². The van der Waals surface area contributed by atoms with Crippen molar-refractivity contribution in [3.8, 4) is 11.5 Å². The van der Waals surface area contributed by atoms with Crippen molar-refractivity contribution in [1.29, 1.82) is 0 Å². The molecular formula is C24H20ClNO5S. The largest absolute Gasteiger partial charge is 0.507 e. The van der Waals surface area contributed by atoms with Crippen LogP contribution in [0.5, 0.6) is 11.5 Å². The highest BCUT2D eigenvalue weighted by Gasteiger charge is 2.46. The number of rotatable bonds is 6. The lowest BCUT2D eigenvalue weighted by Gasteiger charge is -2.25. The van der Waals surface area contributed by atoms with Crippen molar-refractivity contribution >= 4 is 40.4 Å². The standard InChI is InChI=1S/C24H20ClNO5S/c1-2-31-19-12-14(8-9-18(19)27)21-20(22(28)15-5-3-6-16(25)11-15)23(29)24(30)26(21)13-17-7-4-10-32-17/h3-12,21,27-28H,2,13H2,1H3/b22-20-. The first-order chi connectivity index (χ1) is 15.4. The summed E-state index contributed by atoms with van der Waals surface area (Å²) in [6.07, 6.45) is 0. The van der Waals surface area contributed by atoms with E-state index < -0.39 is 17.7 Å². The number of carbonyl (C=O) groups excluding carboxylic acids is 2. The van der Waals surface area contributed by atoms with Gasteiger partial charge in [-0.05, 0) is 48.2 Å². The van der Waals surface area contributed by atoms with Crippen LogP contribution in [0.25, 0.3) is 5.76 Å². The highest BCUT2D eigenvalue weighted by molar-refractivity contribution is 7.09. The van der Waals surface area contributed by atoms with Gasteiger partial charge in [0.15, 0.2) is 11.5 Å². The predicted molar refractivity (Wildman–Crippen MR) is 123 cm³/mol. The molecule has 3 aromatic rings. The number of phenols is 1. The number of hydrogen-bond donors (Lipinski definition) is 2. The van der Waals surface area contributed by atoms with Gasteiger partial charge in [0.2, 0.25) is 0 Å². The summed E-state index contributed by atoms with van der Waals surface area (Å²) in [5, 5.41) is 23.5. The molecule has 1 aliphatic heterocycles. The molecule has 0 bridgehead atoms. The minimum atomic E-state index is -0.865. The van der Waals surface area contributed by atoms with Gasteiger partial charge in [0, 0.05) is 15.5 Å². The molecule has 0 saturated carbocycles. The Hall–Kier alpha value is -3.29. The van der Waals surface area contributed by atoms with Gasteiger partial charge < -0.3 is 19.8 Å². The Morgan fingerprint density at radius 3 is 2.66 bits per heavy atom. The zero-order valence-corrected chi connectivity index (χ0v) is 18.7. The van der Waals surface area contributed by atoms with Crippen molar-refractivity contribution in [1.82, 2.24) is 4.90 Å². The molecule has 2 N–H and O–H groups in total. The maximum Gasteiger partial charge on any atom is 0.295 e. The Bertz CT molecular complexity index is 1200. The van der Waals surface area contributed by atoms with E-state index in [0.717, 1.165) is 4.88 Å². The zero-order valence-electron chi connectivity index (χ0n) is 17.1. The van der Waals surface area contributed by atoms with Crippen LogP contribution in [0.1, 0.15) is 29.0 Å². The lowest BCUT2D eigenvalue weighted by Crippen LogP contribution is -2.28. The summed E-state index contributed by atoms with van der Waals surface area (Å²) in [6.45, 7) is 2.31. The number of ether oxygens (including phenoxy) is 1. The molecule has 0 radical (unpaired) electrons. The Kier molecular flexibility index (Phi) is 6.21. The van der Waals surface area contributed by atoms with Gasteiger partial charge in [0.25, 0.3) is 11.7 Å². The molecule has 0 aliphatic carbocycles. The Morgan fingerprint density at radius 1 is 1.16 bits per heavy atom. The number of aromatic hydroxyl groups is 1. The molecule has 8 heteroatoms. The Balaban J connectivity index is 1.89. The number of likely N-dealkylation sites (tertiary alicyclic amines) is 1. The van der Waals surface area contributed by atoms with Crippen molar-refractivity contribution in [2.45, 2.75) is 19.5 Å². The number of amides is 1. The number of benzene rings is 2. The fourth-order valence-corrected chi connectivity index (χ4v) is 4.62. The molecule has 1 aromatic heterocycles. The molecule has 4 rings (SSSR count). The number of aliphatic hydroxyl groups is 1. The van der Waals surface area contributed by atoms with Crippen LogP contribution in [0.2, 0.25) is 5.02 Å². The topological polar surface area (TPSA) is 87.1 Å². The molecule has 0 spiro atoms. The first-order valence-electron chi connectivity index (χ1n) is 9.93. The molecule has 164 valence electrons. The molecule has 1 atom stereocenters. The second kappa shape index (κ2) is 9.06. The average Bonchev–Trinajstić information content (AvgIpc) is 3.37. The molecule has 2 heterocycles. The molecule has 1 amide bonds. The third-order valence-electron chi connectivity index (χ3n) is 5.14. The van der Waals surface area contributed by atoms with Crippen LogP contribution in [0.3, 0.4) is 0 Å². The minimum absolute atomic E-state index is 0.0399. The minimum Gasteiger partial charge on any atom is -0.507 e.